The molecule has 41 heavy (non-hydrogen) atoms. The second-order valence-electron chi connectivity index (χ2n) is 11.2. The second-order valence-corrected chi connectivity index (χ2v) is 12.2. The molecule has 1 N–H and O–H groups in total. The van der Waals surface area contributed by atoms with E-state index in [0.717, 1.165) is 38.5 Å². The molecule has 2 aliphatic heterocycles. The fourth-order valence-corrected chi connectivity index (χ4v) is 7.35. The Morgan fingerprint density at radius 2 is 1.76 bits per heavy atom. The molecule has 0 bridgehead atoms. The van der Waals surface area contributed by atoms with Crippen molar-refractivity contribution in [3.05, 3.63) is 80.9 Å². The smallest absolute Gasteiger partial charge is 0.260 e. The summed E-state index contributed by atoms with van der Waals surface area (Å²) in [6, 6.07) is 8.32. The van der Waals surface area contributed by atoms with E-state index in [2.05, 4.69) is 17.1 Å². The SMILES string of the molecule is COc1cccc(-c2c(C)c(Cc3c(F)cccc3F)c3n(c2=O)C(CNCCCN2CCC(C)CC2)CS3)c1F. The molecule has 2 aliphatic rings. The number of rotatable bonds is 10. The number of fused-ring (bicyclic) bond motifs is 1. The van der Waals surface area contributed by atoms with Crippen LogP contribution in [0.4, 0.5) is 13.2 Å². The topological polar surface area (TPSA) is 46.5 Å². The van der Waals surface area contributed by atoms with Crippen LogP contribution < -0.4 is 15.6 Å². The minimum atomic E-state index is -0.646. The van der Waals surface area contributed by atoms with Crippen LogP contribution in [0.15, 0.2) is 46.2 Å². The van der Waals surface area contributed by atoms with Gasteiger partial charge in [0.05, 0.1) is 23.7 Å². The molecular weight excluding hydrogens is 547 g/mol. The van der Waals surface area contributed by atoms with E-state index in [0.29, 0.717) is 28.5 Å². The molecule has 9 heteroatoms. The van der Waals surface area contributed by atoms with E-state index in [-0.39, 0.29) is 40.5 Å². The standard InChI is InChI=1S/C32H38F3N3O2S/c1-20-11-15-37(16-12-20)14-6-13-36-18-22-19-41-32-24(17-25-26(33)8-5-9-27(25)34)21(2)29(31(39)38(22)32)23-7-4-10-28(40-3)30(23)35/h4-5,7-10,20,22,36H,6,11-19H2,1-3H3. The molecule has 0 amide bonds. The van der Waals surface area contributed by atoms with Gasteiger partial charge in [-0.1, -0.05) is 25.1 Å². The number of ether oxygens (including phenoxy) is 1. The van der Waals surface area contributed by atoms with Gasteiger partial charge in [-0.05, 0) is 87.6 Å². The number of nitrogens with one attached hydrogen (secondary N) is 1. The highest BCUT2D eigenvalue weighted by Crippen LogP contribution is 2.40. The van der Waals surface area contributed by atoms with E-state index in [4.69, 9.17) is 4.74 Å². The monoisotopic (exact) mass is 585 g/mol. The first-order chi connectivity index (χ1) is 19.8. The molecule has 1 atom stereocenters. The Labute approximate surface area is 244 Å². The predicted molar refractivity (Wildman–Crippen MR) is 159 cm³/mol. The van der Waals surface area contributed by atoms with Crippen LogP contribution in [0, 0.1) is 30.3 Å². The maximum Gasteiger partial charge on any atom is 0.260 e. The molecule has 0 aliphatic carbocycles. The molecule has 5 rings (SSSR count). The van der Waals surface area contributed by atoms with Gasteiger partial charge in [0.15, 0.2) is 11.6 Å². The lowest BCUT2D eigenvalue weighted by atomic mass is 9.94. The zero-order valence-corrected chi connectivity index (χ0v) is 24.8. The average Bonchev–Trinajstić information content (AvgIpc) is 3.38. The number of halogens is 3. The lowest BCUT2D eigenvalue weighted by molar-refractivity contribution is 0.190. The van der Waals surface area contributed by atoms with Crippen LogP contribution in [0.25, 0.3) is 11.1 Å². The molecule has 0 spiro atoms. The number of aromatic nitrogens is 1. The number of piperidine rings is 1. The third-order valence-electron chi connectivity index (χ3n) is 8.47. The van der Waals surface area contributed by atoms with Crippen molar-refractivity contribution in [2.45, 2.75) is 50.6 Å². The highest BCUT2D eigenvalue weighted by atomic mass is 32.2. The summed E-state index contributed by atoms with van der Waals surface area (Å²) in [7, 11) is 1.38. The number of hydrogen-bond acceptors (Lipinski definition) is 5. The molecule has 0 radical (unpaired) electrons. The summed E-state index contributed by atoms with van der Waals surface area (Å²) in [4.78, 5) is 16.6. The number of pyridine rings is 1. The molecule has 1 saturated heterocycles. The van der Waals surface area contributed by atoms with Crippen LogP contribution in [0.2, 0.25) is 0 Å². The maximum atomic E-state index is 15.5. The van der Waals surface area contributed by atoms with E-state index < -0.39 is 17.5 Å². The van der Waals surface area contributed by atoms with Crippen molar-refractivity contribution in [1.82, 2.24) is 14.8 Å². The summed E-state index contributed by atoms with van der Waals surface area (Å²) in [5.41, 5.74) is 1.11. The van der Waals surface area contributed by atoms with Gasteiger partial charge < -0.3 is 15.0 Å². The first kappa shape index (κ1) is 29.7. The summed E-state index contributed by atoms with van der Waals surface area (Å²) in [6.45, 7) is 8.80. The van der Waals surface area contributed by atoms with Gasteiger partial charge in [-0.15, -0.1) is 11.8 Å². The molecule has 3 aromatic rings. The van der Waals surface area contributed by atoms with Crippen molar-refractivity contribution < 1.29 is 17.9 Å². The number of benzene rings is 2. The normalized spacial score (nSPS) is 17.7. The van der Waals surface area contributed by atoms with E-state index in [1.165, 1.54) is 56.0 Å². The van der Waals surface area contributed by atoms with Crippen molar-refractivity contribution in [1.29, 1.82) is 0 Å². The Morgan fingerprint density at radius 1 is 1.05 bits per heavy atom. The third kappa shape index (κ3) is 6.22. The first-order valence-corrected chi connectivity index (χ1v) is 15.4. The molecule has 0 saturated carbocycles. The average molecular weight is 586 g/mol. The van der Waals surface area contributed by atoms with Crippen molar-refractivity contribution in [2.24, 2.45) is 5.92 Å². The number of thioether (sulfide) groups is 1. The zero-order valence-electron chi connectivity index (χ0n) is 23.9. The second kappa shape index (κ2) is 13.0. The van der Waals surface area contributed by atoms with Gasteiger partial charge in [0.2, 0.25) is 0 Å². The van der Waals surface area contributed by atoms with E-state index >= 15 is 4.39 Å². The van der Waals surface area contributed by atoms with E-state index in [9.17, 15) is 13.6 Å². The van der Waals surface area contributed by atoms with E-state index in [1.807, 2.05) is 0 Å². The van der Waals surface area contributed by atoms with Crippen LogP contribution in [-0.2, 0) is 6.42 Å². The number of hydrogen-bond donors (Lipinski definition) is 1. The van der Waals surface area contributed by atoms with Gasteiger partial charge in [-0.25, -0.2) is 13.2 Å². The number of likely N-dealkylation sites (tertiary alicyclic amines) is 1. The lowest BCUT2D eigenvalue weighted by Crippen LogP contribution is -2.36. The molecule has 1 aromatic heterocycles. The van der Waals surface area contributed by atoms with Gasteiger partial charge in [0.25, 0.3) is 5.56 Å². The van der Waals surface area contributed by atoms with Gasteiger partial charge in [-0.2, -0.15) is 0 Å². The number of methoxy groups -OCH3 is 1. The van der Waals surface area contributed by atoms with Crippen LogP contribution in [0.5, 0.6) is 5.75 Å². The summed E-state index contributed by atoms with van der Waals surface area (Å²) in [5.74, 6) is -0.444. The molecule has 220 valence electrons. The Morgan fingerprint density at radius 3 is 2.46 bits per heavy atom. The molecular formula is C32H38F3N3O2S. The van der Waals surface area contributed by atoms with Crippen LogP contribution in [0.1, 0.15) is 48.9 Å². The lowest BCUT2D eigenvalue weighted by Gasteiger charge is -2.30. The highest BCUT2D eigenvalue weighted by Gasteiger charge is 2.32. The predicted octanol–water partition coefficient (Wildman–Crippen LogP) is 6.20. The van der Waals surface area contributed by atoms with Crippen molar-refractivity contribution in [3.63, 3.8) is 0 Å². The third-order valence-corrected chi connectivity index (χ3v) is 9.73. The Balaban J connectivity index is 1.45. The maximum absolute atomic E-state index is 15.5. The van der Waals surface area contributed by atoms with Gasteiger partial charge in [0, 0.05) is 29.8 Å². The molecule has 3 heterocycles. The largest absolute Gasteiger partial charge is 0.494 e. The molecule has 2 aromatic carbocycles. The zero-order chi connectivity index (χ0) is 29.1. The summed E-state index contributed by atoms with van der Waals surface area (Å²) < 4.78 is 51.9. The molecule has 1 fully saturated rings. The summed E-state index contributed by atoms with van der Waals surface area (Å²) in [5, 5.41) is 4.21. The van der Waals surface area contributed by atoms with Crippen molar-refractivity contribution in [3.8, 4) is 16.9 Å². The highest BCUT2D eigenvalue weighted by molar-refractivity contribution is 7.99. The minimum Gasteiger partial charge on any atom is -0.494 e. The van der Waals surface area contributed by atoms with Gasteiger partial charge >= 0.3 is 0 Å². The fraction of sp³-hybridized carbons (Fsp3) is 0.469. The molecule has 1 unspecified atom stereocenters. The summed E-state index contributed by atoms with van der Waals surface area (Å²) >= 11 is 1.52. The minimum absolute atomic E-state index is 0.0317. The Kier molecular flexibility index (Phi) is 9.46. The Hall–Kier alpha value is -2.75. The van der Waals surface area contributed by atoms with E-state index in [1.54, 1.807) is 23.6 Å². The van der Waals surface area contributed by atoms with Crippen LogP contribution in [0.3, 0.4) is 0 Å². The fourth-order valence-electron chi connectivity index (χ4n) is 5.96. The first-order valence-electron chi connectivity index (χ1n) is 14.4. The van der Waals surface area contributed by atoms with Crippen LogP contribution >= 0.6 is 11.8 Å². The van der Waals surface area contributed by atoms with Gasteiger partial charge in [-0.3, -0.25) is 9.36 Å². The van der Waals surface area contributed by atoms with Crippen molar-refractivity contribution in [2.75, 3.05) is 45.6 Å². The number of nitrogens with zero attached hydrogens (tertiary/aromatic N) is 2. The van der Waals surface area contributed by atoms with Gasteiger partial charge in [0.1, 0.15) is 11.6 Å². The Bertz CT molecular complexity index is 1430. The summed E-state index contributed by atoms with van der Waals surface area (Å²) in [6.07, 6.45) is 3.48. The van der Waals surface area contributed by atoms with Crippen molar-refractivity contribution >= 4 is 11.8 Å². The quantitative estimate of drug-likeness (QED) is 0.287. The van der Waals surface area contributed by atoms with Crippen LogP contribution in [-0.4, -0.2) is 55.1 Å². The molecule has 5 nitrogen and oxygen atoms in total.